The van der Waals surface area contributed by atoms with Gasteiger partial charge in [0.1, 0.15) is 5.69 Å². The van der Waals surface area contributed by atoms with Crippen molar-refractivity contribution in [3.8, 4) is 0 Å². The smallest absolute Gasteiger partial charge is 0.273 e. The molecule has 1 aliphatic heterocycles. The average Bonchev–Trinajstić information content (AvgIpc) is 3.10. The molecular formula is C18H20N4O3S. The third-order valence-electron chi connectivity index (χ3n) is 4.35. The number of nitrogens with zero attached hydrogens (tertiary/aromatic N) is 3. The second-order valence-corrected chi connectivity index (χ2v) is 6.96. The number of thiazole rings is 1. The number of carbonyl (C=O) groups excluding carboxylic acids is 3. The number of benzene rings is 1. The highest BCUT2D eigenvalue weighted by Gasteiger charge is 2.25. The molecule has 0 unspecified atom stereocenters. The zero-order valence-electron chi connectivity index (χ0n) is 14.7. The normalized spacial score (nSPS) is 14.2. The van der Waals surface area contributed by atoms with Crippen LogP contribution in [0, 0.1) is 6.92 Å². The number of hydrogen-bond donors (Lipinski definition) is 1. The molecule has 1 aromatic carbocycles. The van der Waals surface area contributed by atoms with Crippen LogP contribution >= 0.6 is 11.3 Å². The number of hydrogen-bond acceptors (Lipinski definition) is 5. The van der Waals surface area contributed by atoms with Crippen LogP contribution in [0.4, 0.5) is 5.13 Å². The van der Waals surface area contributed by atoms with E-state index in [0.717, 1.165) is 5.56 Å². The molecule has 2 heterocycles. The van der Waals surface area contributed by atoms with Gasteiger partial charge in [-0.1, -0.05) is 18.2 Å². The Morgan fingerprint density at radius 1 is 1.08 bits per heavy atom. The molecule has 1 N–H and O–H groups in total. The summed E-state index contributed by atoms with van der Waals surface area (Å²) < 4.78 is 0. The summed E-state index contributed by atoms with van der Waals surface area (Å²) in [5.41, 5.74) is 1.77. The number of aryl methyl sites for hydroxylation is 1. The molecule has 1 aromatic heterocycles. The average molecular weight is 372 g/mol. The largest absolute Gasteiger partial charge is 0.339 e. The van der Waals surface area contributed by atoms with Crippen molar-refractivity contribution in [2.24, 2.45) is 0 Å². The molecule has 0 saturated carbocycles. The van der Waals surface area contributed by atoms with Crippen LogP contribution < -0.4 is 5.32 Å². The summed E-state index contributed by atoms with van der Waals surface area (Å²) in [5.74, 6) is -0.403. The van der Waals surface area contributed by atoms with E-state index in [2.05, 4.69) is 10.3 Å². The minimum absolute atomic E-state index is 0.0203. The van der Waals surface area contributed by atoms with E-state index in [-0.39, 0.29) is 17.7 Å². The predicted molar refractivity (Wildman–Crippen MR) is 99.4 cm³/mol. The van der Waals surface area contributed by atoms with Gasteiger partial charge in [0.25, 0.3) is 11.8 Å². The third kappa shape index (κ3) is 3.91. The Bertz CT molecular complexity index is 840. The number of anilines is 1. The van der Waals surface area contributed by atoms with Gasteiger partial charge in [-0.05, 0) is 18.6 Å². The number of piperazine rings is 1. The summed E-state index contributed by atoms with van der Waals surface area (Å²) in [6.45, 7) is 5.43. The summed E-state index contributed by atoms with van der Waals surface area (Å²) in [6, 6.07) is 7.29. The zero-order chi connectivity index (χ0) is 18.7. The highest BCUT2D eigenvalue weighted by atomic mass is 32.1. The van der Waals surface area contributed by atoms with E-state index in [1.54, 1.807) is 27.3 Å². The molecule has 0 radical (unpaired) electrons. The first kappa shape index (κ1) is 18.1. The monoisotopic (exact) mass is 372 g/mol. The number of carbonyl (C=O) groups is 3. The number of aromatic nitrogens is 1. The third-order valence-corrected chi connectivity index (χ3v) is 5.10. The molecule has 1 saturated heterocycles. The Labute approximate surface area is 155 Å². The van der Waals surface area contributed by atoms with E-state index in [9.17, 15) is 14.4 Å². The second-order valence-electron chi connectivity index (χ2n) is 6.11. The van der Waals surface area contributed by atoms with E-state index in [1.165, 1.54) is 18.3 Å². The summed E-state index contributed by atoms with van der Waals surface area (Å²) in [6.07, 6.45) is 0. The first-order valence-electron chi connectivity index (χ1n) is 8.33. The molecular weight excluding hydrogens is 352 g/mol. The molecule has 3 amide bonds. The van der Waals surface area contributed by atoms with Crippen molar-refractivity contribution >= 4 is 34.2 Å². The van der Waals surface area contributed by atoms with Crippen molar-refractivity contribution in [2.45, 2.75) is 13.8 Å². The van der Waals surface area contributed by atoms with E-state index in [0.29, 0.717) is 42.6 Å². The van der Waals surface area contributed by atoms with Crippen LogP contribution in [0.15, 0.2) is 29.6 Å². The molecule has 136 valence electrons. The SMILES string of the molecule is CC(=O)N1CCN(C(=O)c2csc(NC(=O)c3ccccc3C)n2)CC1. The van der Waals surface area contributed by atoms with Crippen molar-refractivity contribution in [1.29, 1.82) is 0 Å². The minimum atomic E-state index is -0.244. The molecule has 3 rings (SSSR count). The van der Waals surface area contributed by atoms with Gasteiger partial charge in [-0.25, -0.2) is 4.98 Å². The van der Waals surface area contributed by atoms with Crippen LogP contribution in [-0.2, 0) is 4.79 Å². The predicted octanol–water partition coefficient (Wildman–Crippen LogP) is 2.01. The molecule has 26 heavy (non-hydrogen) atoms. The van der Waals surface area contributed by atoms with Crippen molar-refractivity contribution in [2.75, 3.05) is 31.5 Å². The van der Waals surface area contributed by atoms with Crippen LogP contribution in [0.2, 0.25) is 0 Å². The Kier molecular flexibility index (Phi) is 5.32. The molecule has 7 nitrogen and oxygen atoms in total. The van der Waals surface area contributed by atoms with E-state index >= 15 is 0 Å². The van der Waals surface area contributed by atoms with Crippen LogP contribution in [-0.4, -0.2) is 58.7 Å². The van der Waals surface area contributed by atoms with Gasteiger partial charge in [0.2, 0.25) is 5.91 Å². The quantitative estimate of drug-likeness (QED) is 0.893. The van der Waals surface area contributed by atoms with Crippen molar-refractivity contribution in [3.05, 3.63) is 46.5 Å². The molecule has 0 bridgehead atoms. The van der Waals surface area contributed by atoms with Crippen molar-refractivity contribution < 1.29 is 14.4 Å². The topological polar surface area (TPSA) is 82.6 Å². The van der Waals surface area contributed by atoms with Crippen molar-refractivity contribution in [3.63, 3.8) is 0 Å². The molecule has 0 atom stereocenters. The van der Waals surface area contributed by atoms with Gasteiger partial charge in [0, 0.05) is 44.0 Å². The van der Waals surface area contributed by atoms with Gasteiger partial charge in [-0.2, -0.15) is 0 Å². The lowest BCUT2D eigenvalue weighted by Crippen LogP contribution is -2.50. The number of nitrogens with one attached hydrogen (secondary N) is 1. The van der Waals surface area contributed by atoms with Gasteiger partial charge >= 0.3 is 0 Å². The van der Waals surface area contributed by atoms with Gasteiger partial charge in [-0.15, -0.1) is 11.3 Å². The second kappa shape index (κ2) is 7.65. The maximum atomic E-state index is 12.6. The lowest BCUT2D eigenvalue weighted by atomic mass is 10.1. The first-order chi connectivity index (χ1) is 12.5. The van der Waals surface area contributed by atoms with Gasteiger partial charge in [-0.3, -0.25) is 19.7 Å². The van der Waals surface area contributed by atoms with E-state index in [1.807, 2.05) is 19.1 Å². The molecule has 1 fully saturated rings. The summed E-state index contributed by atoms with van der Waals surface area (Å²) >= 11 is 1.22. The molecule has 0 aliphatic carbocycles. The first-order valence-corrected chi connectivity index (χ1v) is 9.21. The maximum Gasteiger partial charge on any atom is 0.273 e. The lowest BCUT2D eigenvalue weighted by molar-refractivity contribution is -0.130. The molecule has 8 heteroatoms. The fourth-order valence-corrected chi connectivity index (χ4v) is 3.49. The van der Waals surface area contributed by atoms with Crippen LogP contribution in [0.3, 0.4) is 0 Å². The molecule has 1 aliphatic rings. The van der Waals surface area contributed by atoms with Crippen LogP contribution in [0.5, 0.6) is 0 Å². The molecule has 2 aromatic rings. The zero-order valence-corrected chi connectivity index (χ0v) is 15.5. The Balaban J connectivity index is 1.63. The van der Waals surface area contributed by atoms with Gasteiger partial charge in [0.05, 0.1) is 0 Å². The van der Waals surface area contributed by atoms with Crippen LogP contribution in [0.25, 0.3) is 0 Å². The van der Waals surface area contributed by atoms with Crippen LogP contribution in [0.1, 0.15) is 33.3 Å². The number of rotatable bonds is 3. The summed E-state index contributed by atoms with van der Waals surface area (Å²) in [7, 11) is 0. The summed E-state index contributed by atoms with van der Waals surface area (Å²) in [4.78, 5) is 43.9. The lowest BCUT2D eigenvalue weighted by Gasteiger charge is -2.33. The maximum absolute atomic E-state index is 12.6. The Morgan fingerprint density at radius 2 is 1.73 bits per heavy atom. The highest BCUT2D eigenvalue weighted by Crippen LogP contribution is 2.19. The number of amides is 3. The minimum Gasteiger partial charge on any atom is -0.339 e. The van der Waals surface area contributed by atoms with Gasteiger partial charge < -0.3 is 9.80 Å². The Hall–Kier alpha value is -2.74. The Morgan fingerprint density at radius 3 is 2.38 bits per heavy atom. The summed E-state index contributed by atoms with van der Waals surface area (Å²) in [5, 5.41) is 4.78. The van der Waals surface area contributed by atoms with Crippen molar-refractivity contribution in [1.82, 2.24) is 14.8 Å². The fraction of sp³-hybridized carbons (Fsp3) is 0.333. The standard InChI is InChI=1S/C18H20N4O3S/c1-12-5-3-4-6-14(12)16(24)20-18-19-15(11-26-18)17(25)22-9-7-21(8-10-22)13(2)23/h3-6,11H,7-10H2,1-2H3,(H,19,20,24). The van der Waals surface area contributed by atoms with Gasteiger partial charge in [0.15, 0.2) is 5.13 Å². The highest BCUT2D eigenvalue weighted by molar-refractivity contribution is 7.14. The molecule has 0 spiro atoms. The van der Waals surface area contributed by atoms with E-state index in [4.69, 9.17) is 0 Å². The fourth-order valence-electron chi connectivity index (χ4n) is 2.81. The van der Waals surface area contributed by atoms with E-state index < -0.39 is 0 Å².